The van der Waals surface area contributed by atoms with Crippen LogP contribution in [-0.2, 0) is 18.8 Å². The van der Waals surface area contributed by atoms with Crippen LogP contribution in [0.15, 0.2) is 27.5 Å². The minimum Gasteiger partial charge on any atom is -0.249 e. The predicted molar refractivity (Wildman–Crippen MR) is 68.6 cm³/mol. The number of halogens is 2. The molecule has 0 spiro atoms. The van der Waals surface area contributed by atoms with Crippen molar-refractivity contribution in [2.24, 2.45) is 4.36 Å². The van der Waals surface area contributed by atoms with Crippen LogP contribution >= 0.6 is 10.7 Å². The molecule has 1 aliphatic heterocycles. The molecule has 0 unspecified atom stereocenters. The Labute approximate surface area is 110 Å². The summed E-state index contributed by atoms with van der Waals surface area (Å²) in [5.41, 5.74) is -0.0778. The Morgan fingerprint density at radius 1 is 1.28 bits per heavy atom. The second-order valence-corrected chi connectivity index (χ2v) is 9.14. The van der Waals surface area contributed by atoms with Gasteiger partial charge in [-0.05, 0) is 31.0 Å². The summed E-state index contributed by atoms with van der Waals surface area (Å²) in [6.07, 6.45) is 1.64. The molecule has 0 aromatic heterocycles. The van der Waals surface area contributed by atoms with E-state index in [1.807, 2.05) is 0 Å². The van der Waals surface area contributed by atoms with E-state index in [1.165, 1.54) is 6.07 Å². The highest BCUT2D eigenvalue weighted by Crippen LogP contribution is 2.26. The third kappa shape index (κ3) is 3.02. The van der Waals surface area contributed by atoms with Crippen LogP contribution in [0.2, 0.25) is 0 Å². The van der Waals surface area contributed by atoms with Gasteiger partial charge >= 0.3 is 0 Å². The Morgan fingerprint density at radius 3 is 2.39 bits per heavy atom. The van der Waals surface area contributed by atoms with Gasteiger partial charge in [0.15, 0.2) is 5.82 Å². The molecule has 0 atom stereocenters. The van der Waals surface area contributed by atoms with Crippen molar-refractivity contribution < 1.29 is 17.0 Å². The zero-order valence-corrected chi connectivity index (χ0v) is 11.7. The van der Waals surface area contributed by atoms with Crippen LogP contribution in [0.4, 0.5) is 10.1 Å². The van der Waals surface area contributed by atoms with Crippen LogP contribution in [0, 0.1) is 5.82 Å². The van der Waals surface area contributed by atoms with Gasteiger partial charge < -0.3 is 0 Å². The average molecular weight is 312 g/mol. The van der Waals surface area contributed by atoms with E-state index >= 15 is 0 Å². The fourth-order valence-corrected chi connectivity index (χ4v) is 4.71. The maximum Gasteiger partial charge on any atom is 0.261 e. The molecule has 1 heterocycles. The Balaban J connectivity index is 2.46. The molecule has 2 rings (SSSR count). The first-order chi connectivity index (χ1) is 8.30. The van der Waals surface area contributed by atoms with Gasteiger partial charge in [0.2, 0.25) is 0 Å². The van der Waals surface area contributed by atoms with E-state index in [0.29, 0.717) is 11.5 Å². The first-order valence-electron chi connectivity index (χ1n) is 5.27. The van der Waals surface area contributed by atoms with E-state index < -0.39 is 24.6 Å². The summed E-state index contributed by atoms with van der Waals surface area (Å²) < 4.78 is 51.7. The number of hydrogen-bond donors (Lipinski definition) is 0. The fraction of sp³-hybridized carbons (Fsp3) is 0.400. The summed E-state index contributed by atoms with van der Waals surface area (Å²) in [6.45, 7) is 0. The summed E-state index contributed by atoms with van der Waals surface area (Å²) in [6, 6.07) is 3.14. The summed E-state index contributed by atoms with van der Waals surface area (Å²) in [4.78, 5) is -0.331. The van der Waals surface area contributed by atoms with Crippen LogP contribution in [0.3, 0.4) is 0 Å². The molecule has 1 aliphatic rings. The largest absolute Gasteiger partial charge is 0.261 e. The van der Waals surface area contributed by atoms with E-state index in [2.05, 4.69) is 4.36 Å². The van der Waals surface area contributed by atoms with Gasteiger partial charge in [0.1, 0.15) is 5.69 Å². The zero-order valence-electron chi connectivity index (χ0n) is 9.30. The van der Waals surface area contributed by atoms with Gasteiger partial charge in [0, 0.05) is 22.2 Å². The van der Waals surface area contributed by atoms with E-state index in [4.69, 9.17) is 10.7 Å². The van der Waals surface area contributed by atoms with Crippen molar-refractivity contribution >= 4 is 35.1 Å². The smallest absolute Gasteiger partial charge is 0.249 e. The Morgan fingerprint density at radius 2 is 1.89 bits per heavy atom. The third-order valence-electron chi connectivity index (χ3n) is 2.64. The van der Waals surface area contributed by atoms with Crippen molar-refractivity contribution in [3.63, 3.8) is 0 Å². The van der Waals surface area contributed by atoms with Crippen molar-refractivity contribution in [1.82, 2.24) is 0 Å². The zero-order chi connectivity index (χ0) is 13.4. The maximum absolute atomic E-state index is 13.7. The molecule has 18 heavy (non-hydrogen) atoms. The Bertz CT molecular complexity index is 681. The molecule has 0 aliphatic carbocycles. The molecule has 1 aromatic rings. The third-order valence-corrected chi connectivity index (χ3v) is 6.38. The topological polar surface area (TPSA) is 63.6 Å². The molecule has 0 bridgehead atoms. The lowest BCUT2D eigenvalue weighted by atomic mass is 10.3. The molecule has 4 nitrogen and oxygen atoms in total. The summed E-state index contributed by atoms with van der Waals surface area (Å²) in [5, 5.41) is 0. The number of benzene rings is 1. The summed E-state index contributed by atoms with van der Waals surface area (Å²) in [5.74, 6) is 0.0932. The summed E-state index contributed by atoms with van der Waals surface area (Å²) in [7, 11) is -1.24. The van der Waals surface area contributed by atoms with Gasteiger partial charge in [-0.25, -0.2) is 17.0 Å². The van der Waals surface area contributed by atoms with Gasteiger partial charge in [-0.15, -0.1) is 0 Å². The first-order valence-corrected chi connectivity index (χ1v) is 9.43. The van der Waals surface area contributed by atoms with Crippen molar-refractivity contribution in [3.8, 4) is 0 Å². The van der Waals surface area contributed by atoms with Crippen molar-refractivity contribution in [1.29, 1.82) is 0 Å². The van der Waals surface area contributed by atoms with Gasteiger partial charge in [-0.1, -0.05) is 0 Å². The van der Waals surface area contributed by atoms with E-state index in [9.17, 15) is 17.0 Å². The van der Waals surface area contributed by atoms with Crippen LogP contribution in [0.25, 0.3) is 0 Å². The lowest BCUT2D eigenvalue weighted by Gasteiger charge is -2.03. The molecule has 8 heteroatoms. The second-order valence-electron chi connectivity index (χ2n) is 4.03. The molecule has 0 N–H and O–H groups in total. The molecule has 1 fully saturated rings. The lowest BCUT2D eigenvalue weighted by molar-refractivity contribution is 0.603. The minimum atomic E-state index is -3.97. The highest BCUT2D eigenvalue weighted by atomic mass is 35.7. The van der Waals surface area contributed by atoms with Gasteiger partial charge in [0.25, 0.3) is 9.05 Å². The van der Waals surface area contributed by atoms with Crippen LogP contribution in [-0.4, -0.2) is 24.1 Å². The highest BCUT2D eigenvalue weighted by Gasteiger charge is 2.18. The lowest BCUT2D eigenvalue weighted by Crippen LogP contribution is -2.00. The quantitative estimate of drug-likeness (QED) is 0.789. The SMILES string of the molecule is O=S(=O)(Cl)c1ccc(N=S2(=O)CCCC2)c(F)c1. The van der Waals surface area contributed by atoms with E-state index in [1.54, 1.807) is 0 Å². The van der Waals surface area contributed by atoms with Crippen LogP contribution in [0.1, 0.15) is 12.8 Å². The molecule has 100 valence electrons. The number of rotatable bonds is 2. The molecular weight excluding hydrogens is 301 g/mol. The fourth-order valence-electron chi connectivity index (χ4n) is 1.74. The highest BCUT2D eigenvalue weighted by molar-refractivity contribution is 8.13. The van der Waals surface area contributed by atoms with Gasteiger partial charge in [-0.3, -0.25) is 0 Å². The molecule has 0 amide bonds. The van der Waals surface area contributed by atoms with Crippen molar-refractivity contribution in [3.05, 3.63) is 24.0 Å². The van der Waals surface area contributed by atoms with Gasteiger partial charge in [-0.2, -0.15) is 4.36 Å². The number of hydrogen-bond acceptors (Lipinski definition) is 4. The molecular formula is C10H11ClFNO3S2. The predicted octanol–water partition coefficient (Wildman–Crippen LogP) is 2.65. The first kappa shape index (κ1) is 13.8. The molecule has 0 saturated carbocycles. The second kappa shape index (κ2) is 4.79. The molecule has 0 radical (unpaired) electrons. The van der Waals surface area contributed by atoms with E-state index in [0.717, 1.165) is 25.0 Å². The van der Waals surface area contributed by atoms with Gasteiger partial charge in [0.05, 0.1) is 14.6 Å². The maximum atomic E-state index is 13.7. The monoisotopic (exact) mass is 311 g/mol. The minimum absolute atomic E-state index is 0.0778. The Hall–Kier alpha value is -0.660. The van der Waals surface area contributed by atoms with Crippen molar-refractivity contribution in [2.75, 3.05) is 11.5 Å². The van der Waals surface area contributed by atoms with Crippen LogP contribution < -0.4 is 0 Å². The normalized spacial score (nSPS) is 18.8. The Kier molecular flexibility index (Phi) is 3.66. The standard InChI is InChI=1S/C10H11ClFNO3S2/c11-18(15,16)8-3-4-10(9(12)7-8)13-17(14)5-1-2-6-17/h3-4,7H,1-2,5-6H2. The molecule has 1 saturated heterocycles. The summed E-state index contributed by atoms with van der Waals surface area (Å²) >= 11 is 0. The van der Waals surface area contributed by atoms with E-state index in [-0.39, 0.29) is 10.6 Å². The van der Waals surface area contributed by atoms with Crippen LogP contribution in [0.5, 0.6) is 0 Å². The average Bonchev–Trinajstić information content (AvgIpc) is 2.67. The number of nitrogens with zero attached hydrogens (tertiary/aromatic N) is 1. The molecule has 1 aromatic carbocycles. The van der Waals surface area contributed by atoms with Crippen molar-refractivity contribution in [2.45, 2.75) is 17.7 Å².